The molecule has 0 aliphatic carbocycles. The monoisotopic (exact) mass is 434 g/mol. The van der Waals surface area contributed by atoms with Crippen molar-refractivity contribution in [1.82, 2.24) is 4.90 Å². The van der Waals surface area contributed by atoms with Crippen LogP contribution in [0, 0.1) is 0 Å². The van der Waals surface area contributed by atoms with Crippen molar-refractivity contribution in [2.24, 2.45) is 0 Å². The van der Waals surface area contributed by atoms with Crippen LogP contribution < -0.4 is 9.64 Å². The van der Waals surface area contributed by atoms with E-state index in [0.29, 0.717) is 33.1 Å². The third kappa shape index (κ3) is 3.90. The van der Waals surface area contributed by atoms with Crippen LogP contribution in [0.3, 0.4) is 0 Å². The summed E-state index contributed by atoms with van der Waals surface area (Å²) in [6.07, 6.45) is 0. The van der Waals surface area contributed by atoms with Crippen molar-refractivity contribution in [3.05, 3.63) is 94.5 Å². The average molecular weight is 435 g/mol. The molecule has 7 heteroatoms. The van der Waals surface area contributed by atoms with E-state index in [1.165, 1.54) is 12.0 Å². The maximum Gasteiger partial charge on any atom is 0.261 e. The molecule has 0 aromatic heterocycles. The van der Waals surface area contributed by atoms with Crippen molar-refractivity contribution in [2.75, 3.05) is 25.1 Å². The predicted molar refractivity (Wildman–Crippen MR) is 118 cm³/mol. The maximum atomic E-state index is 13.4. The number of hydrogen-bond acceptors (Lipinski definition) is 4. The number of halogens is 1. The summed E-state index contributed by atoms with van der Waals surface area (Å²) >= 11 is 6.25. The van der Waals surface area contributed by atoms with Gasteiger partial charge in [-0.3, -0.25) is 19.3 Å². The first-order chi connectivity index (χ1) is 15.0. The Bertz CT molecular complexity index is 1140. The number of methoxy groups -OCH3 is 1. The molecule has 1 heterocycles. The third-order valence-corrected chi connectivity index (χ3v) is 5.47. The van der Waals surface area contributed by atoms with Crippen molar-refractivity contribution in [1.29, 1.82) is 0 Å². The number of fused-ring (bicyclic) bond motifs is 1. The van der Waals surface area contributed by atoms with Gasteiger partial charge in [-0.1, -0.05) is 41.9 Å². The standard InChI is InChI=1S/C24H19ClN2O4/c1-31-17-8-6-7-16(15-17)26(24(30)20-11-4-5-12-21(20)25)13-14-27-22(28)18-9-2-3-10-19(18)23(27)29/h2-12,15H,13-14H2,1H3. The van der Waals surface area contributed by atoms with E-state index in [2.05, 4.69) is 0 Å². The molecule has 4 rings (SSSR count). The van der Waals surface area contributed by atoms with E-state index >= 15 is 0 Å². The van der Waals surface area contributed by atoms with Gasteiger partial charge < -0.3 is 9.64 Å². The molecule has 1 aliphatic rings. The molecule has 0 bridgehead atoms. The Labute approximate surface area is 184 Å². The van der Waals surface area contributed by atoms with E-state index in [1.54, 1.807) is 72.8 Å². The van der Waals surface area contributed by atoms with Gasteiger partial charge in [-0.05, 0) is 36.4 Å². The Morgan fingerprint density at radius 3 is 2.23 bits per heavy atom. The minimum atomic E-state index is -0.364. The molecule has 1 aliphatic heterocycles. The number of hydrogen-bond donors (Lipinski definition) is 0. The summed E-state index contributed by atoms with van der Waals surface area (Å²) < 4.78 is 5.29. The van der Waals surface area contributed by atoms with Crippen LogP contribution >= 0.6 is 11.6 Å². The van der Waals surface area contributed by atoms with Crippen molar-refractivity contribution < 1.29 is 19.1 Å². The molecule has 0 fully saturated rings. The number of anilines is 1. The van der Waals surface area contributed by atoms with Crippen LogP contribution in [0.4, 0.5) is 5.69 Å². The van der Waals surface area contributed by atoms with E-state index in [4.69, 9.17) is 16.3 Å². The van der Waals surface area contributed by atoms with Crippen molar-refractivity contribution in [3.8, 4) is 5.75 Å². The van der Waals surface area contributed by atoms with Gasteiger partial charge in [-0.15, -0.1) is 0 Å². The fourth-order valence-electron chi connectivity index (χ4n) is 3.55. The zero-order valence-corrected chi connectivity index (χ0v) is 17.5. The number of nitrogens with zero attached hydrogens (tertiary/aromatic N) is 2. The first-order valence-electron chi connectivity index (χ1n) is 9.67. The molecule has 156 valence electrons. The number of ether oxygens (including phenoxy) is 1. The molecular formula is C24H19ClN2O4. The predicted octanol–water partition coefficient (Wildman–Crippen LogP) is 4.29. The van der Waals surface area contributed by atoms with Gasteiger partial charge in [-0.2, -0.15) is 0 Å². The largest absolute Gasteiger partial charge is 0.497 e. The maximum absolute atomic E-state index is 13.4. The number of benzene rings is 3. The molecule has 0 N–H and O–H groups in total. The van der Waals surface area contributed by atoms with Crippen molar-refractivity contribution in [2.45, 2.75) is 0 Å². The summed E-state index contributed by atoms with van der Waals surface area (Å²) in [5.41, 5.74) is 1.64. The Morgan fingerprint density at radius 1 is 0.935 bits per heavy atom. The lowest BCUT2D eigenvalue weighted by molar-refractivity contribution is 0.0654. The van der Waals surface area contributed by atoms with E-state index < -0.39 is 0 Å². The van der Waals surface area contributed by atoms with Gasteiger partial charge in [0, 0.05) is 24.8 Å². The molecule has 0 spiro atoms. The lowest BCUT2D eigenvalue weighted by atomic mass is 10.1. The highest BCUT2D eigenvalue weighted by Crippen LogP contribution is 2.27. The fraction of sp³-hybridized carbons (Fsp3) is 0.125. The Balaban J connectivity index is 1.64. The average Bonchev–Trinajstić information content (AvgIpc) is 3.04. The summed E-state index contributed by atoms with van der Waals surface area (Å²) in [6, 6.07) is 20.5. The van der Waals surface area contributed by atoms with Crippen LogP contribution in [-0.2, 0) is 0 Å². The van der Waals surface area contributed by atoms with E-state index in [9.17, 15) is 14.4 Å². The molecule has 0 saturated heterocycles. The summed E-state index contributed by atoms with van der Waals surface area (Å²) in [7, 11) is 1.54. The number of imide groups is 1. The Hall–Kier alpha value is -3.64. The fourth-order valence-corrected chi connectivity index (χ4v) is 3.77. The molecule has 6 nitrogen and oxygen atoms in total. The second-order valence-corrected chi connectivity index (χ2v) is 7.35. The van der Waals surface area contributed by atoms with E-state index in [1.807, 2.05) is 0 Å². The highest BCUT2D eigenvalue weighted by Gasteiger charge is 2.35. The molecule has 3 aromatic rings. The second-order valence-electron chi connectivity index (χ2n) is 6.95. The molecule has 0 atom stereocenters. The van der Waals surface area contributed by atoms with Gasteiger partial charge in [0.2, 0.25) is 0 Å². The topological polar surface area (TPSA) is 66.9 Å². The Morgan fingerprint density at radius 2 is 1.58 bits per heavy atom. The minimum absolute atomic E-state index is 0.0414. The Kier molecular flexibility index (Phi) is 5.73. The van der Waals surface area contributed by atoms with Gasteiger partial charge in [0.15, 0.2) is 0 Å². The van der Waals surface area contributed by atoms with Crippen LogP contribution in [0.25, 0.3) is 0 Å². The summed E-state index contributed by atoms with van der Waals surface area (Å²) in [5.74, 6) is -0.488. The smallest absolute Gasteiger partial charge is 0.261 e. The first kappa shape index (κ1) is 20.6. The van der Waals surface area contributed by atoms with Crippen molar-refractivity contribution >= 4 is 35.0 Å². The van der Waals surface area contributed by atoms with Crippen molar-refractivity contribution in [3.63, 3.8) is 0 Å². The summed E-state index contributed by atoms with van der Waals surface area (Å²) in [5, 5.41) is 0.320. The van der Waals surface area contributed by atoms with Crippen LogP contribution in [-0.4, -0.2) is 42.8 Å². The molecule has 0 saturated carbocycles. The molecule has 3 aromatic carbocycles. The highest BCUT2D eigenvalue weighted by atomic mass is 35.5. The lowest BCUT2D eigenvalue weighted by Gasteiger charge is -2.26. The van der Waals surface area contributed by atoms with E-state index in [0.717, 1.165) is 4.90 Å². The number of carbonyl (C=O) groups is 3. The van der Waals surface area contributed by atoms with Crippen LogP contribution in [0.5, 0.6) is 5.75 Å². The number of amides is 3. The van der Waals surface area contributed by atoms with Crippen LogP contribution in [0.1, 0.15) is 31.1 Å². The van der Waals surface area contributed by atoms with Gasteiger partial charge >= 0.3 is 0 Å². The summed E-state index contributed by atoms with van der Waals surface area (Å²) in [4.78, 5) is 41.4. The van der Waals surface area contributed by atoms with E-state index in [-0.39, 0.29) is 30.8 Å². The SMILES string of the molecule is COc1cccc(N(CCN2C(=O)c3ccccc3C2=O)C(=O)c2ccccc2Cl)c1. The molecular weight excluding hydrogens is 416 g/mol. The quantitative estimate of drug-likeness (QED) is 0.543. The zero-order chi connectivity index (χ0) is 22.0. The molecule has 3 amide bonds. The van der Waals surface area contributed by atoms with Crippen LogP contribution in [0.15, 0.2) is 72.8 Å². The van der Waals surface area contributed by atoms with Gasteiger partial charge in [-0.25, -0.2) is 0 Å². The zero-order valence-electron chi connectivity index (χ0n) is 16.7. The van der Waals surface area contributed by atoms with Gasteiger partial charge in [0.05, 0.1) is 28.8 Å². The lowest BCUT2D eigenvalue weighted by Crippen LogP contribution is -2.41. The van der Waals surface area contributed by atoms with Gasteiger partial charge in [0.25, 0.3) is 17.7 Å². The first-order valence-corrected chi connectivity index (χ1v) is 10.0. The molecule has 0 radical (unpaired) electrons. The molecule has 0 unspecified atom stereocenters. The third-order valence-electron chi connectivity index (χ3n) is 5.14. The highest BCUT2D eigenvalue weighted by molar-refractivity contribution is 6.34. The minimum Gasteiger partial charge on any atom is -0.497 e. The number of carbonyl (C=O) groups excluding carboxylic acids is 3. The number of rotatable bonds is 6. The van der Waals surface area contributed by atoms with Crippen LogP contribution in [0.2, 0.25) is 5.02 Å². The molecule has 31 heavy (non-hydrogen) atoms. The summed E-state index contributed by atoms with van der Waals surface area (Å²) in [6.45, 7) is 0.141. The second kappa shape index (κ2) is 8.62. The normalized spacial score (nSPS) is 12.6. The van der Waals surface area contributed by atoms with Gasteiger partial charge in [0.1, 0.15) is 5.75 Å².